The van der Waals surface area contributed by atoms with Crippen LogP contribution in [0, 0.1) is 0 Å². The van der Waals surface area contributed by atoms with E-state index < -0.39 is 12.4 Å². The second kappa shape index (κ2) is 7.45. The maximum absolute atomic E-state index is 11.3. The molecule has 0 heterocycles. The van der Waals surface area contributed by atoms with E-state index in [1.165, 1.54) is 6.08 Å². The zero-order chi connectivity index (χ0) is 13.5. The lowest BCUT2D eigenvalue weighted by molar-refractivity contribution is -0.141. The fourth-order valence-electron chi connectivity index (χ4n) is 0.955. The third-order valence-electron chi connectivity index (χ3n) is 1.60. The van der Waals surface area contributed by atoms with Gasteiger partial charge in [0.25, 0.3) is 0 Å². The first kappa shape index (κ1) is 16.1. The molecule has 17 heavy (non-hydrogen) atoms. The van der Waals surface area contributed by atoms with E-state index in [0.717, 1.165) is 6.34 Å². The molecule has 0 fully saturated rings. The number of allylic oxidation sites excluding steroid dienone is 1. The summed E-state index contributed by atoms with van der Waals surface area (Å²) in [6.07, 6.45) is 0.470. The fourth-order valence-corrected chi connectivity index (χ4v) is 2.52. The molecule has 1 unspecified atom stereocenters. The van der Waals surface area contributed by atoms with Gasteiger partial charge in [-0.25, -0.2) is 9.56 Å². The molecule has 0 aliphatic rings. The summed E-state index contributed by atoms with van der Waals surface area (Å²) < 4.78 is 14.4. The molecule has 0 saturated carbocycles. The van der Waals surface area contributed by atoms with Crippen molar-refractivity contribution in [1.29, 1.82) is 0 Å². The van der Waals surface area contributed by atoms with Crippen LogP contribution in [0.5, 0.6) is 0 Å². The van der Waals surface area contributed by atoms with Gasteiger partial charge < -0.3 is 15.0 Å². The van der Waals surface area contributed by atoms with E-state index in [1.54, 1.807) is 20.8 Å². The SMILES string of the molecule is CCP(=S)(N=CN)OC(C)=CC(=O)OC(C)C. The molecule has 5 nitrogen and oxygen atoms in total. The zero-order valence-electron chi connectivity index (χ0n) is 10.5. The van der Waals surface area contributed by atoms with E-state index >= 15 is 0 Å². The van der Waals surface area contributed by atoms with Crippen LogP contribution in [-0.4, -0.2) is 24.6 Å². The van der Waals surface area contributed by atoms with Crippen LogP contribution in [0.1, 0.15) is 27.7 Å². The quantitative estimate of drug-likeness (QED) is 0.201. The van der Waals surface area contributed by atoms with Gasteiger partial charge >= 0.3 is 5.97 Å². The van der Waals surface area contributed by atoms with Crippen LogP contribution >= 0.6 is 6.42 Å². The lowest BCUT2D eigenvalue weighted by Gasteiger charge is -2.17. The smallest absolute Gasteiger partial charge is 0.334 e. The van der Waals surface area contributed by atoms with Gasteiger partial charge in [0, 0.05) is 6.16 Å². The largest absolute Gasteiger partial charge is 0.460 e. The van der Waals surface area contributed by atoms with Crippen LogP contribution in [0.3, 0.4) is 0 Å². The van der Waals surface area contributed by atoms with E-state index in [1.807, 2.05) is 6.92 Å². The second-order valence-electron chi connectivity index (χ2n) is 3.55. The molecule has 0 bridgehead atoms. The Morgan fingerprint density at radius 1 is 1.59 bits per heavy atom. The Labute approximate surface area is 107 Å². The molecule has 0 saturated heterocycles. The van der Waals surface area contributed by atoms with Gasteiger partial charge in [0.05, 0.1) is 18.5 Å². The molecule has 0 aromatic rings. The molecule has 0 amide bonds. The van der Waals surface area contributed by atoms with Crippen molar-refractivity contribution in [2.45, 2.75) is 33.8 Å². The number of hydrogen-bond acceptors (Lipinski definition) is 4. The second-order valence-corrected chi connectivity index (χ2v) is 7.58. The van der Waals surface area contributed by atoms with E-state index in [4.69, 9.17) is 26.8 Å². The molecule has 7 heteroatoms. The Morgan fingerprint density at radius 2 is 2.18 bits per heavy atom. The Bertz CT molecular complexity index is 367. The minimum Gasteiger partial charge on any atom is -0.460 e. The molecule has 0 aliphatic heterocycles. The highest BCUT2D eigenvalue weighted by molar-refractivity contribution is 8.11. The third-order valence-corrected chi connectivity index (χ3v) is 4.74. The highest BCUT2D eigenvalue weighted by Crippen LogP contribution is 2.49. The number of nitrogens with two attached hydrogens (primary N) is 1. The maximum atomic E-state index is 11.3. The summed E-state index contributed by atoms with van der Waals surface area (Å²) in [4.78, 5) is 11.3. The Hall–Kier alpha value is -0.870. The number of ether oxygens (including phenoxy) is 1. The number of hydrogen-bond donors (Lipinski definition) is 1. The highest BCUT2D eigenvalue weighted by atomic mass is 32.4. The average Bonchev–Trinajstić information content (AvgIpc) is 2.15. The first-order valence-corrected chi connectivity index (χ1v) is 8.12. The summed E-state index contributed by atoms with van der Waals surface area (Å²) in [6, 6.07) is 0. The number of esters is 1. The molecular formula is C10H19N2O3PS. The molecule has 0 rings (SSSR count). The highest BCUT2D eigenvalue weighted by Gasteiger charge is 2.15. The summed E-state index contributed by atoms with van der Waals surface area (Å²) in [5.41, 5.74) is 5.21. The summed E-state index contributed by atoms with van der Waals surface area (Å²) in [5.74, 6) is -0.0571. The van der Waals surface area contributed by atoms with Gasteiger partial charge in [-0.15, -0.1) is 0 Å². The van der Waals surface area contributed by atoms with Crippen LogP contribution < -0.4 is 5.73 Å². The number of carbonyl (C=O) groups is 1. The predicted octanol–water partition coefficient (Wildman–Crippen LogP) is 2.17. The molecule has 1 atom stereocenters. The van der Waals surface area contributed by atoms with Crippen molar-refractivity contribution in [1.82, 2.24) is 0 Å². The topological polar surface area (TPSA) is 73.9 Å². The van der Waals surface area contributed by atoms with Gasteiger partial charge in [0.15, 0.2) is 0 Å². The van der Waals surface area contributed by atoms with E-state index in [0.29, 0.717) is 11.9 Å². The molecule has 0 aromatic heterocycles. The Balaban J connectivity index is 4.62. The summed E-state index contributed by atoms with van der Waals surface area (Å²) >= 11 is 5.24. The van der Waals surface area contributed by atoms with E-state index in [-0.39, 0.29) is 6.10 Å². The van der Waals surface area contributed by atoms with E-state index in [9.17, 15) is 4.79 Å². The van der Waals surface area contributed by atoms with Gasteiger partial charge in [0.1, 0.15) is 5.76 Å². The fraction of sp³-hybridized carbons (Fsp3) is 0.600. The first-order valence-electron chi connectivity index (χ1n) is 5.26. The minimum absolute atomic E-state index is 0.164. The van der Waals surface area contributed by atoms with Crippen molar-refractivity contribution in [3.05, 3.63) is 11.8 Å². The van der Waals surface area contributed by atoms with Crippen molar-refractivity contribution in [3.63, 3.8) is 0 Å². The van der Waals surface area contributed by atoms with Crippen LogP contribution in [0.2, 0.25) is 0 Å². The third kappa shape index (κ3) is 7.13. The first-order chi connectivity index (χ1) is 7.83. The number of nitrogens with zero attached hydrogens (tertiary/aromatic N) is 1. The molecule has 98 valence electrons. The monoisotopic (exact) mass is 278 g/mol. The van der Waals surface area contributed by atoms with Crippen molar-refractivity contribution < 1.29 is 14.1 Å². The van der Waals surface area contributed by atoms with Crippen molar-refractivity contribution in [2.24, 2.45) is 10.5 Å². The molecule has 0 spiro atoms. The van der Waals surface area contributed by atoms with Crippen LogP contribution in [0.4, 0.5) is 0 Å². The zero-order valence-corrected chi connectivity index (χ0v) is 12.3. The van der Waals surface area contributed by atoms with Gasteiger partial charge in [-0.2, -0.15) is 0 Å². The van der Waals surface area contributed by atoms with Crippen molar-refractivity contribution in [3.8, 4) is 0 Å². The van der Waals surface area contributed by atoms with E-state index in [2.05, 4.69) is 4.76 Å². The summed E-state index contributed by atoms with van der Waals surface area (Å²) in [7, 11) is 0. The molecule has 2 N–H and O–H groups in total. The number of rotatable bonds is 6. The Kier molecular flexibility index (Phi) is 7.07. The van der Waals surface area contributed by atoms with Crippen molar-refractivity contribution >= 4 is 30.5 Å². The molecule has 0 radical (unpaired) electrons. The molecule has 0 aromatic carbocycles. The molecular weight excluding hydrogens is 259 g/mol. The maximum Gasteiger partial charge on any atom is 0.334 e. The Morgan fingerprint density at radius 3 is 2.59 bits per heavy atom. The normalized spacial score (nSPS) is 15.9. The van der Waals surface area contributed by atoms with Gasteiger partial charge in [0.2, 0.25) is 6.42 Å². The lowest BCUT2D eigenvalue weighted by Crippen LogP contribution is -2.09. The lowest BCUT2D eigenvalue weighted by atomic mass is 10.4. The van der Waals surface area contributed by atoms with Crippen LogP contribution in [0.15, 0.2) is 16.6 Å². The molecule has 0 aliphatic carbocycles. The van der Waals surface area contributed by atoms with Crippen molar-refractivity contribution in [2.75, 3.05) is 6.16 Å². The summed E-state index contributed by atoms with van der Waals surface area (Å²) in [5, 5.41) is 0. The summed E-state index contributed by atoms with van der Waals surface area (Å²) in [6.45, 7) is 7.06. The van der Waals surface area contributed by atoms with Crippen LogP contribution in [-0.2, 0) is 25.9 Å². The minimum atomic E-state index is -2.35. The average molecular weight is 278 g/mol. The van der Waals surface area contributed by atoms with Gasteiger partial charge in [-0.3, -0.25) is 0 Å². The predicted molar refractivity (Wildman–Crippen MR) is 73.6 cm³/mol. The number of carbonyl (C=O) groups excluding carboxylic acids is 1. The van der Waals surface area contributed by atoms with Gasteiger partial charge in [-0.1, -0.05) is 6.92 Å². The van der Waals surface area contributed by atoms with Crippen LogP contribution in [0.25, 0.3) is 0 Å². The standard InChI is InChI=1S/C10H19N2O3PS/c1-5-16(17,12-7-11)15-9(4)6-10(13)14-8(2)3/h6-8H,5H2,1-4H3,(H2,11,12,17). The van der Waals surface area contributed by atoms with Gasteiger partial charge in [-0.05, 0) is 32.6 Å².